The van der Waals surface area contributed by atoms with Gasteiger partial charge in [0, 0.05) is 37.8 Å². The van der Waals surface area contributed by atoms with Crippen molar-refractivity contribution in [1.82, 2.24) is 0 Å². The number of hydrogen-bond donors (Lipinski definition) is 1. The zero-order chi connectivity index (χ0) is 24.7. The Hall–Kier alpha value is -3.20. The number of aliphatic hydroxyl groups excluding tert-OH is 1. The number of aliphatic hydroxyl groups is 1. The lowest BCUT2D eigenvalue weighted by Crippen LogP contribution is -2.35. The molecule has 0 aromatic carbocycles. The van der Waals surface area contributed by atoms with Gasteiger partial charge in [0.1, 0.15) is 24.9 Å². The molecule has 0 radical (unpaired) electrons. The van der Waals surface area contributed by atoms with E-state index < -0.39 is 48.1 Å². The van der Waals surface area contributed by atoms with E-state index in [-0.39, 0.29) is 37.2 Å². The molecule has 0 aromatic rings. The lowest BCUT2D eigenvalue weighted by Gasteiger charge is -2.29. The molecule has 2 aliphatic rings. The van der Waals surface area contributed by atoms with Gasteiger partial charge < -0.3 is 24.1 Å². The van der Waals surface area contributed by atoms with Crippen molar-refractivity contribution >= 4 is 23.9 Å². The molecule has 1 fully saturated rings. The Balaban J connectivity index is 2.50. The van der Waals surface area contributed by atoms with Crippen LogP contribution in [0.5, 0.6) is 0 Å². The molecule has 2 rings (SSSR count). The first-order valence-electron chi connectivity index (χ1n) is 10.6. The van der Waals surface area contributed by atoms with Crippen molar-refractivity contribution < 1.29 is 43.2 Å². The van der Waals surface area contributed by atoms with Crippen molar-refractivity contribution in [3.63, 3.8) is 0 Å². The first-order chi connectivity index (χ1) is 15.5. The fraction of sp³-hybridized carbons (Fsp3) is 0.500. The SMILES string of the molecule is C=C1C(=O)O[C@@H]2C=C(C)C(OC(C)=O)CC=C(COC(C)=O)CC(OC(=O)C(C)=CCO)[C@@H]12. The molecule has 4 atom stereocenters. The van der Waals surface area contributed by atoms with Crippen LogP contribution in [0.4, 0.5) is 0 Å². The predicted molar refractivity (Wildman–Crippen MR) is 116 cm³/mol. The number of fused-ring (bicyclic) bond motifs is 1. The van der Waals surface area contributed by atoms with Gasteiger partial charge in [-0.15, -0.1) is 0 Å². The van der Waals surface area contributed by atoms with Crippen LogP contribution in [-0.4, -0.2) is 60.5 Å². The van der Waals surface area contributed by atoms with E-state index in [4.69, 9.17) is 24.1 Å². The number of esters is 4. The van der Waals surface area contributed by atoms with E-state index >= 15 is 0 Å². The Morgan fingerprint density at radius 3 is 2.52 bits per heavy atom. The van der Waals surface area contributed by atoms with Crippen LogP contribution in [0, 0.1) is 5.92 Å². The van der Waals surface area contributed by atoms with Gasteiger partial charge in [-0.25, -0.2) is 9.59 Å². The summed E-state index contributed by atoms with van der Waals surface area (Å²) in [6, 6.07) is 0. The first-order valence-corrected chi connectivity index (χ1v) is 10.6. The van der Waals surface area contributed by atoms with E-state index in [1.165, 1.54) is 26.8 Å². The Morgan fingerprint density at radius 1 is 1.21 bits per heavy atom. The van der Waals surface area contributed by atoms with Gasteiger partial charge >= 0.3 is 23.9 Å². The van der Waals surface area contributed by atoms with Gasteiger partial charge in [-0.3, -0.25) is 9.59 Å². The van der Waals surface area contributed by atoms with E-state index in [1.54, 1.807) is 19.1 Å². The summed E-state index contributed by atoms with van der Waals surface area (Å²) in [5.41, 5.74) is 1.61. The fourth-order valence-electron chi connectivity index (χ4n) is 3.69. The van der Waals surface area contributed by atoms with Crippen LogP contribution < -0.4 is 0 Å². The Morgan fingerprint density at radius 2 is 1.91 bits per heavy atom. The molecular weight excluding hydrogens is 432 g/mol. The molecule has 1 aliphatic heterocycles. The molecule has 0 saturated carbocycles. The van der Waals surface area contributed by atoms with Crippen LogP contribution in [0.15, 0.2) is 47.1 Å². The molecule has 0 aromatic heterocycles. The van der Waals surface area contributed by atoms with Crippen LogP contribution in [0.25, 0.3) is 0 Å². The van der Waals surface area contributed by atoms with Crippen LogP contribution in [-0.2, 0) is 38.1 Å². The zero-order valence-corrected chi connectivity index (χ0v) is 19.3. The quantitative estimate of drug-likeness (QED) is 0.273. The minimum atomic E-state index is -0.861. The van der Waals surface area contributed by atoms with E-state index in [9.17, 15) is 19.2 Å². The van der Waals surface area contributed by atoms with E-state index in [1.807, 2.05) is 0 Å². The maximum atomic E-state index is 12.6. The van der Waals surface area contributed by atoms with E-state index in [0.717, 1.165) is 0 Å². The van der Waals surface area contributed by atoms with Gasteiger partial charge in [0.15, 0.2) is 0 Å². The number of carbonyl (C=O) groups excluding carboxylic acids is 4. The molecule has 0 bridgehead atoms. The summed E-state index contributed by atoms with van der Waals surface area (Å²) in [6.07, 6.45) is 2.90. The van der Waals surface area contributed by atoms with Gasteiger partial charge in [-0.05, 0) is 37.1 Å². The second kappa shape index (κ2) is 11.6. The Kier molecular flexibility index (Phi) is 9.16. The van der Waals surface area contributed by atoms with Crippen molar-refractivity contribution in [2.45, 2.75) is 58.8 Å². The molecule has 1 heterocycles. The number of carbonyl (C=O) groups is 4. The summed E-state index contributed by atoms with van der Waals surface area (Å²) in [5, 5.41) is 9.09. The predicted octanol–water partition coefficient (Wildman–Crippen LogP) is 2.10. The highest BCUT2D eigenvalue weighted by molar-refractivity contribution is 5.92. The summed E-state index contributed by atoms with van der Waals surface area (Å²) >= 11 is 0. The molecule has 1 aliphatic carbocycles. The molecule has 0 spiro atoms. The number of rotatable bonds is 6. The third-order valence-corrected chi connectivity index (χ3v) is 5.43. The fourth-order valence-corrected chi connectivity index (χ4v) is 3.69. The number of hydrogen-bond acceptors (Lipinski definition) is 9. The van der Waals surface area contributed by atoms with Gasteiger partial charge in [0.2, 0.25) is 0 Å². The molecule has 0 amide bonds. The monoisotopic (exact) mass is 462 g/mol. The third kappa shape index (κ3) is 7.15. The highest BCUT2D eigenvalue weighted by atomic mass is 16.6. The van der Waals surface area contributed by atoms with Crippen LogP contribution in [0.2, 0.25) is 0 Å². The van der Waals surface area contributed by atoms with Crippen molar-refractivity contribution in [2.75, 3.05) is 13.2 Å². The number of ether oxygens (including phenoxy) is 4. The average Bonchev–Trinajstić information content (AvgIpc) is 3.00. The Bertz CT molecular complexity index is 909. The van der Waals surface area contributed by atoms with Crippen molar-refractivity contribution in [2.24, 2.45) is 5.92 Å². The minimum absolute atomic E-state index is 0.0664. The Labute approximate surface area is 192 Å². The largest absolute Gasteiger partial charge is 0.461 e. The summed E-state index contributed by atoms with van der Waals surface area (Å²) in [4.78, 5) is 48.0. The highest BCUT2D eigenvalue weighted by Crippen LogP contribution is 2.37. The van der Waals surface area contributed by atoms with Gasteiger partial charge in [0.05, 0.1) is 12.5 Å². The summed E-state index contributed by atoms with van der Waals surface area (Å²) < 4.78 is 21.8. The van der Waals surface area contributed by atoms with Crippen molar-refractivity contribution in [3.8, 4) is 0 Å². The van der Waals surface area contributed by atoms with Crippen LogP contribution >= 0.6 is 0 Å². The molecule has 1 saturated heterocycles. The van der Waals surface area contributed by atoms with Crippen molar-refractivity contribution in [1.29, 1.82) is 0 Å². The van der Waals surface area contributed by atoms with E-state index in [2.05, 4.69) is 6.58 Å². The van der Waals surface area contributed by atoms with Gasteiger partial charge in [-0.2, -0.15) is 0 Å². The molecule has 9 heteroatoms. The molecular formula is C24H30O9. The molecule has 1 N–H and O–H groups in total. The third-order valence-electron chi connectivity index (χ3n) is 5.43. The average molecular weight is 462 g/mol. The highest BCUT2D eigenvalue weighted by Gasteiger charge is 2.45. The standard InChI is InChI=1S/C24H30O9/c1-13(8-9-25)23(28)32-21-11-18(12-30-16(4)26)6-7-19(31-17(5)27)14(2)10-20-22(21)15(3)24(29)33-20/h6,8,10,19-22,25H,3,7,9,11-12H2,1-2,4-5H3/t19?,20-,21?,22+/m1/s1. The van der Waals surface area contributed by atoms with Gasteiger partial charge in [-0.1, -0.05) is 12.7 Å². The summed E-state index contributed by atoms with van der Waals surface area (Å²) in [6.45, 7) is 9.26. The second-order valence-electron chi connectivity index (χ2n) is 8.03. The first kappa shape index (κ1) is 26.1. The topological polar surface area (TPSA) is 125 Å². The molecule has 33 heavy (non-hydrogen) atoms. The normalized spacial score (nSPS) is 25.8. The maximum Gasteiger partial charge on any atom is 0.334 e. The summed E-state index contributed by atoms with van der Waals surface area (Å²) in [5.74, 6) is -2.95. The molecule has 9 nitrogen and oxygen atoms in total. The lowest BCUT2D eigenvalue weighted by atomic mass is 9.85. The van der Waals surface area contributed by atoms with Crippen molar-refractivity contribution in [3.05, 3.63) is 47.1 Å². The summed E-state index contributed by atoms with van der Waals surface area (Å²) in [7, 11) is 0. The maximum absolute atomic E-state index is 12.6. The second-order valence-corrected chi connectivity index (χ2v) is 8.03. The zero-order valence-electron chi connectivity index (χ0n) is 19.3. The van der Waals surface area contributed by atoms with Gasteiger partial charge in [0.25, 0.3) is 0 Å². The van der Waals surface area contributed by atoms with Crippen LogP contribution in [0.1, 0.15) is 40.5 Å². The van der Waals surface area contributed by atoms with Crippen LogP contribution in [0.3, 0.4) is 0 Å². The van der Waals surface area contributed by atoms with E-state index in [0.29, 0.717) is 11.1 Å². The molecule has 180 valence electrons. The smallest absolute Gasteiger partial charge is 0.334 e. The lowest BCUT2D eigenvalue weighted by molar-refractivity contribution is -0.148. The molecule has 2 unspecified atom stereocenters. The minimum Gasteiger partial charge on any atom is -0.461 e.